The summed E-state index contributed by atoms with van der Waals surface area (Å²) in [7, 11) is 0. The number of pyridine rings is 1. The molecule has 0 atom stereocenters. The van der Waals surface area contributed by atoms with Crippen LogP contribution in [-0.4, -0.2) is 17.4 Å². The normalized spacial score (nSPS) is 10.8. The number of benzene rings is 2. The molecule has 4 nitrogen and oxygen atoms in total. The summed E-state index contributed by atoms with van der Waals surface area (Å²) in [6.07, 6.45) is 5.33. The van der Waals surface area contributed by atoms with Gasteiger partial charge < -0.3 is 10.6 Å². The Balaban J connectivity index is 1.90. The Bertz CT molecular complexity index is 869. The van der Waals surface area contributed by atoms with E-state index in [-0.39, 0.29) is 5.91 Å². The number of carbonyl (C=O) groups excluding carboxylic acids is 1. The molecule has 3 aromatic rings. The third kappa shape index (κ3) is 4.20. The van der Waals surface area contributed by atoms with E-state index in [1.807, 2.05) is 59.5 Å². The molecule has 2 N–H and O–H groups in total. The second-order valence-electron chi connectivity index (χ2n) is 6.52. The van der Waals surface area contributed by atoms with E-state index in [1.165, 1.54) is 0 Å². The number of hydrogen-bond donors (Lipinski definition) is 1. The summed E-state index contributed by atoms with van der Waals surface area (Å²) >= 11 is 0. The Hall–Kier alpha value is -2.88. The molecule has 2 aromatic carbocycles. The number of hydrogen-bond acceptors (Lipinski definition) is 3. The van der Waals surface area contributed by atoms with Gasteiger partial charge >= 0.3 is 0 Å². The van der Waals surface area contributed by atoms with Gasteiger partial charge in [0, 0.05) is 23.8 Å². The van der Waals surface area contributed by atoms with E-state index in [4.69, 9.17) is 5.73 Å². The number of nitrogen functional groups attached to an aromatic ring is 1. The number of nitrogens with zero attached hydrogens (tertiary/aromatic N) is 2. The summed E-state index contributed by atoms with van der Waals surface area (Å²) in [6.45, 7) is 2.87. The van der Waals surface area contributed by atoms with E-state index < -0.39 is 0 Å². The van der Waals surface area contributed by atoms with Crippen molar-refractivity contribution in [2.75, 3.05) is 17.2 Å². The van der Waals surface area contributed by atoms with Crippen LogP contribution < -0.4 is 10.6 Å². The van der Waals surface area contributed by atoms with Gasteiger partial charge in [0.25, 0.3) is 0 Å². The second-order valence-corrected chi connectivity index (χ2v) is 6.52. The van der Waals surface area contributed by atoms with Gasteiger partial charge in [-0.05, 0) is 36.2 Å². The highest BCUT2D eigenvalue weighted by atomic mass is 16.2. The first-order valence-electron chi connectivity index (χ1n) is 9.17. The van der Waals surface area contributed by atoms with Crippen LogP contribution in [0.25, 0.3) is 10.9 Å². The number of carbonyl (C=O) groups is 1. The number of unbranched alkanes of at least 4 members (excludes halogenated alkanes) is 2. The van der Waals surface area contributed by atoms with Crippen molar-refractivity contribution in [1.29, 1.82) is 0 Å². The van der Waals surface area contributed by atoms with Gasteiger partial charge in [0.1, 0.15) is 0 Å². The van der Waals surface area contributed by atoms with Crippen LogP contribution in [-0.2, 0) is 11.2 Å². The van der Waals surface area contributed by atoms with E-state index >= 15 is 0 Å². The lowest BCUT2D eigenvalue weighted by atomic mass is 10.1. The summed E-state index contributed by atoms with van der Waals surface area (Å²) in [5.74, 6) is 0.0871. The fourth-order valence-corrected chi connectivity index (χ4v) is 3.11. The Morgan fingerprint density at radius 1 is 1.04 bits per heavy atom. The highest BCUT2D eigenvalue weighted by Crippen LogP contribution is 2.26. The predicted molar refractivity (Wildman–Crippen MR) is 108 cm³/mol. The highest BCUT2D eigenvalue weighted by Gasteiger charge is 2.18. The molecule has 0 aliphatic heterocycles. The average molecular weight is 347 g/mol. The zero-order valence-corrected chi connectivity index (χ0v) is 15.2. The number of nitrogens with two attached hydrogens (primary N) is 1. The molecule has 0 saturated carbocycles. The summed E-state index contributed by atoms with van der Waals surface area (Å²) in [5, 5.41) is 1.05. The van der Waals surface area contributed by atoms with Crippen molar-refractivity contribution in [3.8, 4) is 0 Å². The van der Waals surface area contributed by atoms with Crippen molar-refractivity contribution in [3.05, 3.63) is 66.4 Å². The molecule has 134 valence electrons. The lowest BCUT2D eigenvalue weighted by Crippen LogP contribution is -2.33. The predicted octanol–water partition coefficient (Wildman–Crippen LogP) is 4.58. The maximum atomic E-state index is 13.1. The monoisotopic (exact) mass is 347 g/mol. The fraction of sp³-hybridized carbons (Fsp3) is 0.273. The topological polar surface area (TPSA) is 59.2 Å². The third-order valence-electron chi connectivity index (χ3n) is 4.52. The summed E-state index contributed by atoms with van der Waals surface area (Å²) in [6, 6.07) is 17.5. The van der Waals surface area contributed by atoms with Crippen molar-refractivity contribution in [2.24, 2.45) is 0 Å². The lowest BCUT2D eigenvalue weighted by molar-refractivity contribution is -0.118. The Labute approximate surface area is 154 Å². The number of fused-ring (bicyclic) bond motifs is 1. The van der Waals surface area contributed by atoms with Crippen LogP contribution >= 0.6 is 0 Å². The maximum absolute atomic E-state index is 13.1. The molecule has 0 aliphatic rings. The van der Waals surface area contributed by atoms with Crippen molar-refractivity contribution in [1.82, 2.24) is 4.98 Å². The first kappa shape index (κ1) is 17.9. The van der Waals surface area contributed by atoms with Gasteiger partial charge in [-0.1, -0.05) is 50.1 Å². The number of aromatic nitrogens is 1. The summed E-state index contributed by atoms with van der Waals surface area (Å²) < 4.78 is 0. The van der Waals surface area contributed by atoms with Gasteiger partial charge in [0.15, 0.2) is 0 Å². The number of amides is 1. The standard InChI is InChI=1S/C22H25N3O/c1-2-3-4-15-25(21(26)16-17-10-12-19(23)13-11-17)20-9-5-7-18-8-6-14-24-22(18)20/h5-14H,2-4,15-16,23H2,1H3. The Morgan fingerprint density at radius 2 is 1.81 bits per heavy atom. The number of rotatable bonds is 7. The van der Waals surface area contributed by atoms with Gasteiger partial charge in [0.2, 0.25) is 5.91 Å². The van der Waals surface area contributed by atoms with Crippen LogP contribution in [0.4, 0.5) is 11.4 Å². The Morgan fingerprint density at radius 3 is 2.58 bits per heavy atom. The van der Waals surface area contributed by atoms with Gasteiger partial charge in [-0.2, -0.15) is 0 Å². The van der Waals surface area contributed by atoms with E-state index in [0.717, 1.165) is 41.4 Å². The van der Waals surface area contributed by atoms with E-state index in [1.54, 1.807) is 6.20 Å². The van der Waals surface area contributed by atoms with Gasteiger partial charge in [-0.25, -0.2) is 0 Å². The first-order chi connectivity index (χ1) is 12.7. The minimum absolute atomic E-state index is 0.0871. The Kier molecular flexibility index (Phi) is 5.84. The molecule has 0 aliphatic carbocycles. The number of anilines is 2. The summed E-state index contributed by atoms with van der Waals surface area (Å²) in [4.78, 5) is 19.5. The maximum Gasteiger partial charge on any atom is 0.231 e. The number of para-hydroxylation sites is 1. The van der Waals surface area contributed by atoms with Crippen LogP contribution in [0.3, 0.4) is 0 Å². The van der Waals surface area contributed by atoms with Crippen molar-refractivity contribution >= 4 is 28.2 Å². The van der Waals surface area contributed by atoms with Crippen LogP contribution in [0, 0.1) is 0 Å². The average Bonchev–Trinajstić information content (AvgIpc) is 2.67. The molecular formula is C22H25N3O. The molecule has 4 heteroatoms. The van der Waals surface area contributed by atoms with Crippen molar-refractivity contribution in [2.45, 2.75) is 32.6 Å². The summed E-state index contributed by atoms with van der Waals surface area (Å²) in [5.41, 5.74) is 9.19. The molecule has 0 saturated heterocycles. The zero-order chi connectivity index (χ0) is 18.4. The van der Waals surface area contributed by atoms with Crippen LogP contribution in [0.2, 0.25) is 0 Å². The molecular weight excluding hydrogens is 322 g/mol. The SMILES string of the molecule is CCCCCN(C(=O)Cc1ccc(N)cc1)c1cccc2cccnc12. The van der Waals surface area contributed by atoms with Crippen LogP contribution in [0.5, 0.6) is 0 Å². The molecule has 0 radical (unpaired) electrons. The van der Waals surface area contributed by atoms with Crippen LogP contribution in [0.15, 0.2) is 60.8 Å². The molecule has 0 bridgehead atoms. The van der Waals surface area contributed by atoms with E-state index in [0.29, 0.717) is 18.7 Å². The molecule has 0 spiro atoms. The smallest absolute Gasteiger partial charge is 0.231 e. The molecule has 1 amide bonds. The van der Waals surface area contributed by atoms with Gasteiger partial charge in [-0.3, -0.25) is 9.78 Å². The molecule has 3 rings (SSSR count). The third-order valence-corrected chi connectivity index (χ3v) is 4.52. The second kappa shape index (κ2) is 8.48. The molecule has 1 heterocycles. The first-order valence-corrected chi connectivity index (χ1v) is 9.17. The molecule has 1 aromatic heterocycles. The zero-order valence-electron chi connectivity index (χ0n) is 15.2. The van der Waals surface area contributed by atoms with Gasteiger partial charge in [-0.15, -0.1) is 0 Å². The van der Waals surface area contributed by atoms with E-state index in [2.05, 4.69) is 11.9 Å². The van der Waals surface area contributed by atoms with Crippen molar-refractivity contribution in [3.63, 3.8) is 0 Å². The quantitative estimate of drug-likeness (QED) is 0.502. The molecule has 0 fully saturated rings. The molecule has 26 heavy (non-hydrogen) atoms. The lowest BCUT2D eigenvalue weighted by Gasteiger charge is -2.24. The van der Waals surface area contributed by atoms with Gasteiger partial charge in [0.05, 0.1) is 17.6 Å². The fourth-order valence-electron chi connectivity index (χ4n) is 3.11. The molecule has 0 unspecified atom stereocenters. The largest absolute Gasteiger partial charge is 0.399 e. The van der Waals surface area contributed by atoms with E-state index in [9.17, 15) is 4.79 Å². The highest BCUT2D eigenvalue weighted by molar-refractivity contribution is 6.02. The van der Waals surface area contributed by atoms with Crippen molar-refractivity contribution < 1.29 is 4.79 Å². The van der Waals surface area contributed by atoms with Crippen LogP contribution in [0.1, 0.15) is 31.7 Å². The minimum atomic E-state index is 0.0871. The minimum Gasteiger partial charge on any atom is -0.399 e.